The summed E-state index contributed by atoms with van der Waals surface area (Å²) in [5.41, 5.74) is 4.33. The van der Waals surface area contributed by atoms with E-state index in [0.29, 0.717) is 17.7 Å². The van der Waals surface area contributed by atoms with Crippen LogP contribution in [0.2, 0.25) is 0 Å². The zero-order chi connectivity index (χ0) is 16.1. The Labute approximate surface area is 142 Å². The van der Waals surface area contributed by atoms with E-state index in [1.54, 1.807) is 0 Å². The molecule has 120 valence electrons. The second-order valence-corrected chi connectivity index (χ2v) is 8.32. The molecule has 0 radical (unpaired) electrons. The highest BCUT2D eigenvalue weighted by Crippen LogP contribution is 2.50. The van der Waals surface area contributed by atoms with Crippen LogP contribution in [0.1, 0.15) is 45.2 Å². The van der Waals surface area contributed by atoms with Crippen LogP contribution in [0.15, 0.2) is 28.3 Å². The van der Waals surface area contributed by atoms with Crippen LogP contribution in [0, 0.1) is 5.92 Å². The van der Waals surface area contributed by atoms with Crippen molar-refractivity contribution in [1.29, 1.82) is 0 Å². The van der Waals surface area contributed by atoms with Crippen LogP contribution in [0.3, 0.4) is 0 Å². The van der Waals surface area contributed by atoms with Gasteiger partial charge < -0.3 is 5.11 Å². The van der Waals surface area contributed by atoms with Gasteiger partial charge in [0.2, 0.25) is 0 Å². The third-order valence-electron chi connectivity index (χ3n) is 5.92. The first kappa shape index (κ1) is 16.1. The summed E-state index contributed by atoms with van der Waals surface area (Å²) in [7, 11) is 0. The molecule has 1 heterocycles. The molecule has 1 N–H and O–H groups in total. The van der Waals surface area contributed by atoms with Crippen LogP contribution in [0.5, 0.6) is 5.75 Å². The Morgan fingerprint density at radius 1 is 1.45 bits per heavy atom. The van der Waals surface area contributed by atoms with Crippen LogP contribution < -0.4 is 0 Å². The van der Waals surface area contributed by atoms with E-state index in [2.05, 4.69) is 60.7 Å². The summed E-state index contributed by atoms with van der Waals surface area (Å²) in [6.07, 6.45) is 4.59. The summed E-state index contributed by atoms with van der Waals surface area (Å²) < 4.78 is 0.818. The summed E-state index contributed by atoms with van der Waals surface area (Å²) in [5, 5.41) is 10.1. The van der Waals surface area contributed by atoms with Gasteiger partial charge in [0.15, 0.2) is 0 Å². The summed E-state index contributed by atoms with van der Waals surface area (Å²) in [5.74, 6) is 0.984. The van der Waals surface area contributed by atoms with E-state index in [-0.39, 0.29) is 5.41 Å². The second kappa shape index (κ2) is 5.68. The summed E-state index contributed by atoms with van der Waals surface area (Å²) in [6, 6.07) is 4.72. The van der Waals surface area contributed by atoms with Gasteiger partial charge in [-0.15, -0.1) is 0 Å². The number of rotatable bonds is 2. The van der Waals surface area contributed by atoms with Gasteiger partial charge in [0.25, 0.3) is 0 Å². The van der Waals surface area contributed by atoms with E-state index in [9.17, 15) is 5.11 Å². The number of aromatic hydroxyl groups is 1. The Hall–Kier alpha value is -0.800. The average molecular weight is 364 g/mol. The highest BCUT2D eigenvalue weighted by atomic mass is 79.9. The van der Waals surface area contributed by atoms with E-state index < -0.39 is 0 Å². The van der Waals surface area contributed by atoms with Crippen molar-refractivity contribution in [2.75, 3.05) is 13.1 Å². The van der Waals surface area contributed by atoms with Crippen molar-refractivity contribution >= 4 is 15.9 Å². The zero-order valence-electron chi connectivity index (χ0n) is 14.0. The first-order chi connectivity index (χ1) is 10.3. The molecule has 1 saturated heterocycles. The number of hydrogen-bond donors (Lipinski definition) is 1. The Balaban J connectivity index is 1.99. The van der Waals surface area contributed by atoms with Gasteiger partial charge in [-0.2, -0.15) is 0 Å². The first-order valence-corrected chi connectivity index (χ1v) is 9.01. The molecule has 1 aliphatic heterocycles. The predicted molar refractivity (Wildman–Crippen MR) is 95.4 cm³/mol. The monoisotopic (exact) mass is 363 g/mol. The van der Waals surface area contributed by atoms with E-state index in [0.717, 1.165) is 30.4 Å². The smallest absolute Gasteiger partial charge is 0.130 e. The van der Waals surface area contributed by atoms with Gasteiger partial charge in [0, 0.05) is 12.6 Å². The first-order valence-electron chi connectivity index (χ1n) is 8.22. The van der Waals surface area contributed by atoms with Gasteiger partial charge >= 0.3 is 0 Å². The molecule has 3 atom stereocenters. The standard InChI is InChI=1S/C19H26BrNO/c1-12(2)5-7-21-8-6-19(4)13(3)17(21)10-14-9-16(20)18(22)11-15(14)19/h5,9,11,13,17,22H,6-8,10H2,1-4H3/t13-,17+,19+/m0/s1. The SMILES string of the molecule is CC(C)=CCN1CC[C@@]2(C)c3cc(O)c(Br)cc3C[C@@H]1[C@@H]2C. The minimum Gasteiger partial charge on any atom is -0.507 e. The van der Waals surface area contributed by atoms with Gasteiger partial charge in [-0.25, -0.2) is 0 Å². The molecule has 0 unspecified atom stereocenters. The number of phenolic OH excluding ortho intramolecular Hbond substituents is 1. The molecule has 2 nitrogen and oxygen atoms in total. The molecule has 1 aromatic rings. The highest BCUT2D eigenvalue weighted by Gasteiger charge is 2.48. The Bertz CT molecular complexity index is 620. The minimum atomic E-state index is 0.178. The fourth-order valence-corrected chi connectivity index (χ4v) is 4.64. The van der Waals surface area contributed by atoms with Crippen molar-refractivity contribution in [2.45, 2.75) is 52.0 Å². The number of phenols is 1. The average Bonchev–Trinajstić information content (AvgIpc) is 2.44. The van der Waals surface area contributed by atoms with Gasteiger partial charge in [-0.1, -0.05) is 25.5 Å². The molecular formula is C19H26BrNO. The van der Waals surface area contributed by atoms with Crippen molar-refractivity contribution in [3.8, 4) is 5.75 Å². The molecule has 2 bridgehead atoms. The molecule has 0 amide bonds. The molecule has 2 aliphatic rings. The normalized spacial score (nSPS) is 30.8. The van der Waals surface area contributed by atoms with Crippen LogP contribution in [0.4, 0.5) is 0 Å². The number of fused-ring (bicyclic) bond motifs is 4. The number of benzene rings is 1. The predicted octanol–water partition coefficient (Wildman–Crippen LogP) is 4.65. The number of piperidine rings is 1. The largest absolute Gasteiger partial charge is 0.507 e. The molecule has 22 heavy (non-hydrogen) atoms. The van der Waals surface area contributed by atoms with Crippen LogP contribution in [0.25, 0.3) is 0 Å². The van der Waals surface area contributed by atoms with Crippen LogP contribution in [-0.4, -0.2) is 29.1 Å². The van der Waals surface area contributed by atoms with E-state index in [1.807, 2.05) is 6.07 Å². The van der Waals surface area contributed by atoms with Crippen LogP contribution >= 0.6 is 15.9 Å². The third kappa shape index (κ3) is 2.52. The second-order valence-electron chi connectivity index (χ2n) is 7.46. The Kier molecular flexibility index (Phi) is 4.15. The Morgan fingerprint density at radius 2 is 2.18 bits per heavy atom. The van der Waals surface area contributed by atoms with Crippen molar-refractivity contribution in [3.05, 3.63) is 39.4 Å². The zero-order valence-corrected chi connectivity index (χ0v) is 15.6. The number of likely N-dealkylation sites (tertiary alicyclic amines) is 1. The lowest BCUT2D eigenvalue weighted by Gasteiger charge is -2.54. The number of nitrogens with zero attached hydrogens (tertiary/aromatic N) is 1. The lowest BCUT2D eigenvalue weighted by Crippen LogP contribution is -2.57. The van der Waals surface area contributed by atoms with E-state index >= 15 is 0 Å². The van der Waals surface area contributed by atoms with Crippen molar-refractivity contribution in [1.82, 2.24) is 4.90 Å². The minimum absolute atomic E-state index is 0.178. The van der Waals surface area contributed by atoms with Gasteiger partial charge in [-0.3, -0.25) is 4.90 Å². The molecule has 3 rings (SSSR count). The maximum atomic E-state index is 10.1. The highest BCUT2D eigenvalue weighted by molar-refractivity contribution is 9.10. The van der Waals surface area contributed by atoms with Gasteiger partial charge in [0.05, 0.1) is 4.47 Å². The fourth-order valence-electron chi connectivity index (χ4n) is 4.25. The molecule has 0 saturated carbocycles. The topological polar surface area (TPSA) is 23.5 Å². The van der Waals surface area contributed by atoms with Crippen molar-refractivity contribution in [3.63, 3.8) is 0 Å². The maximum absolute atomic E-state index is 10.1. The molecule has 1 aromatic carbocycles. The summed E-state index contributed by atoms with van der Waals surface area (Å²) >= 11 is 3.48. The van der Waals surface area contributed by atoms with Crippen molar-refractivity contribution in [2.24, 2.45) is 5.92 Å². The van der Waals surface area contributed by atoms with Gasteiger partial charge in [0.1, 0.15) is 5.75 Å². The summed E-state index contributed by atoms with van der Waals surface area (Å²) in [6.45, 7) is 11.3. The van der Waals surface area contributed by atoms with Crippen molar-refractivity contribution < 1.29 is 5.11 Å². The molecule has 1 aliphatic carbocycles. The summed E-state index contributed by atoms with van der Waals surface area (Å²) in [4.78, 5) is 2.64. The number of halogens is 1. The molecular weight excluding hydrogens is 338 g/mol. The Morgan fingerprint density at radius 3 is 2.86 bits per heavy atom. The van der Waals surface area contributed by atoms with E-state index in [1.165, 1.54) is 16.7 Å². The maximum Gasteiger partial charge on any atom is 0.130 e. The lowest BCUT2D eigenvalue weighted by atomic mass is 9.59. The fraction of sp³-hybridized carbons (Fsp3) is 0.579. The van der Waals surface area contributed by atoms with Crippen LogP contribution in [-0.2, 0) is 11.8 Å². The lowest BCUT2D eigenvalue weighted by molar-refractivity contribution is 0.0396. The molecule has 1 fully saturated rings. The molecule has 0 aromatic heterocycles. The number of hydrogen-bond acceptors (Lipinski definition) is 2. The third-order valence-corrected chi connectivity index (χ3v) is 6.56. The quantitative estimate of drug-likeness (QED) is 0.773. The molecule has 3 heteroatoms. The van der Waals surface area contributed by atoms with E-state index in [4.69, 9.17) is 0 Å². The number of allylic oxidation sites excluding steroid dienone is 1. The van der Waals surface area contributed by atoms with Gasteiger partial charge in [-0.05, 0) is 83.8 Å². The molecule has 0 spiro atoms.